The lowest BCUT2D eigenvalue weighted by molar-refractivity contribution is 0.102. The van der Waals surface area contributed by atoms with Gasteiger partial charge in [-0.25, -0.2) is 4.98 Å². The molecule has 1 amide bonds. The third kappa shape index (κ3) is 3.71. The van der Waals surface area contributed by atoms with Crippen LogP contribution in [0.15, 0.2) is 76.0 Å². The number of anilines is 1. The summed E-state index contributed by atoms with van der Waals surface area (Å²) < 4.78 is 2.51. The van der Waals surface area contributed by atoms with Gasteiger partial charge in [-0.1, -0.05) is 28.1 Å². The highest BCUT2D eigenvalue weighted by Gasteiger charge is 2.12. The van der Waals surface area contributed by atoms with E-state index in [4.69, 9.17) is 0 Å². The Hall–Kier alpha value is -3.25. The number of fused-ring (bicyclic) bond motifs is 1. The van der Waals surface area contributed by atoms with Gasteiger partial charge in [0.1, 0.15) is 5.82 Å². The Balaban J connectivity index is 1.69. The molecule has 1 aromatic heterocycles. The monoisotopic (exact) mass is 447 g/mol. The fourth-order valence-electron chi connectivity index (χ4n) is 3.27. The third-order valence-corrected chi connectivity index (χ3v) is 5.29. The first-order chi connectivity index (χ1) is 13.9. The van der Waals surface area contributed by atoms with E-state index in [0.717, 1.165) is 10.0 Å². The maximum atomic E-state index is 13.0. The smallest absolute Gasteiger partial charge is 0.265 e. The van der Waals surface area contributed by atoms with Crippen molar-refractivity contribution in [1.82, 2.24) is 9.55 Å². The van der Waals surface area contributed by atoms with Crippen LogP contribution in [0.5, 0.6) is 0 Å². The summed E-state index contributed by atoms with van der Waals surface area (Å²) in [6.07, 6.45) is 0. The second-order valence-electron chi connectivity index (χ2n) is 6.78. The Kier molecular flexibility index (Phi) is 5.03. The van der Waals surface area contributed by atoms with Crippen LogP contribution in [0.25, 0.3) is 16.6 Å². The summed E-state index contributed by atoms with van der Waals surface area (Å²) in [7, 11) is 0. The summed E-state index contributed by atoms with van der Waals surface area (Å²) in [6, 6.07) is 20.0. The molecule has 0 atom stereocenters. The predicted octanol–water partition coefficient (Wildman–Crippen LogP) is 5.02. The maximum Gasteiger partial charge on any atom is 0.265 e. The number of halogens is 1. The van der Waals surface area contributed by atoms with Gasteiger partial charge >= 0.3 is 0 Å². The van der Waals surface area contributed by atoms with Gasteiger partial charge in [-0.2, -0.15) is 0 Å². The van der Waals surface area contributed by atoms with E-state index in [1.165, 1.54) is 0 Å². The minimum absolute atomic E-state index is 0.112. The van der Waals surface area contributed by atoms with Crippen molar-refractivity contribution in [1.29, 1.82) is 0 Å². The van der Waals surface area contributed by atoms with Gasteiger partial charge in [0.15, 0.2) is 0 Å². The van der Waals surface area contributed by atoms with Gasteiger partial charge in [0.2, 0.25) is 0 Å². The number of rotatable bonds is 3. The zero-order valence-electron chi connectivity index (χ0n) is 15.9. The Morgan fingerprint density at radius 2 is 1.72 bits per heavy atom. The zero-order valence-corrected chi connectivity index (χ0v) is 17.5. The minimum Gasteiger partial charge on any atom is -0.322 e. The van der Waals surface area contributed by atoms with E-state index < -0.39 is 0 Å². The van der Waals surface area contributed by atoms with Gasteiger partial charge < -0.3 is 5.32 Å². The van der Waals surface area contributed by atoms with Gasteiger partial charge in [-0.15, -0.1) is 0 Å². The highest BCUT2D eigenvalue weighted by molar-refractivity contribution is 9.10. The molecule has 5 nitrogen and oxygen atoms in total. The number of carbonyl (C=O) groups is 1. The first-order valence-corrected chi connectivity index (χ1v) is 9.90. The molecule has 0 saturated heterocycles. The Morgan fingerprint density at radius 3 is 2.45 bits per heavy atom. The fraction of sp³-hybridized carbons (Fsp3) is 0.0870. The summed E-state index contributed by atoms with van der Waals surface area (Å²) in [6.45, 7) is 3.71. The molecule has 4 aromatic rings. The average Bonchev–Trinajstić information content (AvgIpc) is 2.70. The molecule has 144 valence electrons. The number of hydrogen-bond donors (Lipinski definition) is 1. The van der Waals surface area contributed by atoms with Crippen molar-refractivity contribution in [2.45, 2.75) is 13.8 Å². The standard InChI is InChI=1S/C23H18BrN3O2/c1-14-13-18(27-15(2)25-21-6-4-3-5-19(21)23(27)29)11-12-20(14)26-22(28)16-7-9-17(24)10-8-16/h3-13H,1-2H3,(H,26,28). The molecule has 6 heteroatoms. The van der Waals surface area contributed by atoms with Crippen LogP contribution in [0.1, 0.15) is 21.7 Å². The predicted molar refractivity (Wildman–Crippen MR) is 119 cm³/mol. The molecule has 0 aliphatic rings. The van der Waals surface area contributed by atoms with E-state index in [1.807, 2.05) is 62.4 Å². The Labute approximate surface area is 176 Å². The van der Waals surface area contributed by atoms with E-state index in [1.54, 1.807) is 22.8 Å². The molecule has 4 rings (SSSR count). The van der Waals surface area contributed by atoms with Gasteiger partial charge in [0, 0.05) is 15.7 Å². The molecular formula is C23H18BrN3O2. The van der Waals surface area contributed by atoms with Gasteiger partial charge in [-0.3, -0.25) is 14.2 Å². The van der Waals surface area contributed by atoms with E-state index in [0.29, 0.717) is 33.7 Å². The number of aromatic nitrogens is 2. The van der Waals surface area contributed by atoms with Crippen LogP contribution in [0.3, 0.4) is 0 Å². The topological polar surface area (TPSA) is 64.0 Å². The fourth-order valence-corrected chi connectivity index (χ4v) is 3.54. The van der Waals surface area contributed by atoms with Crippen molar-refractivity contribution in [3.05, 3.63) is 98.5 Å². The summed E-state index contributed by atoms with van der Waals surface area (Å²) in [5, 5.41) is 3.50. The zero-order chi connectivity index (χ0) is 20.5. The van der Waals surface area contributed by atoms with Gasteiger partial charge in [0.25, 0.3) is 11.5 Å². The molecule has 3 aromatic carbocycles. The second kappa shape index (κ2) is 7.64. The number of para-hydroxylation sites is 1. The lowest BCUT2D eigenvalue weighted by Crippen LogP contribution is -2.22. The number of hydrogen-bond acceptors (Lipinski definition) is 3. The van der Waals surface area contributed by atoms with Crippen LogP contribution < -0.4 is 10.9 Å². The van der Waals surface area contributed by atoms with Crippen molar-refractivity contribution in [3.63, 3.8) is 0 Å². The highest BCUT2D eigenvalue weighted by atomic mass is 79.9. The van der Waals surface area contributed by atoms with Crippen LogP contribution >= 0.6 is 15.9 Å². The molecule has 1 N–H and O–H groups in total. The van der Waals surface area contributed by atoms with Crippen molar-refractivity contribution >= 4 is 38.4 Å². The maximum absolute atomic E-state index is 13.0. The molecule has 29 heavy (non-hydrogen) atoms. The molecule has 0 unspecified atom stereocenters. The second-order valence-corrected chi connectivity index (χ2v) is 7.69. The van der Waals surface area contributed by atoms with Crippen LogP contribution in [-0.2, 0) is 0 Å². The molecule has 1 heterocycles. The molecule has 0 spiro atoms. The lowest BCUT2D eigenvalue weighted by Gasteiger charge is -2.14. The summed E-state index contributed by atoms with van der Waals surface area (Å²) >= 11 is 3.37. The number of aryl methyl sites for hydroxylation is 2. The normalized spacial score (nSPS) is 10.9. The van der Waals surface area contributed by atoms with Crippen molar-refractivity contribution in [2.75, 3.05) is 5.32 Å². The van der Waals surface area contributed by atoms with Crippen molar-refractivity contribution in [2.24, 2.45) is 0 Å². The van der Waals surface area contributed by atoms with E-state index >= 15 is 0 Å². The molecule has 0 fully saturated rings. The number of carbonyl (C=O) groups excluding carboxylic acids is 1. The van der Waals surface area contributed by atoms with E-state index in [-0.39, 0.29) is 11.5 Å². The third-order valence-electron chi connectivity index (χ3n) is 4.77. The first-order valence-electron chi connectivity index (χ1n) is 9.10. The number of nitrogens with zero attached hydrogens (tertiary/aromatic N) is 2. The minimum atomic E-state index is -0.186. The number of nitrogens with one attached hydrogen (secondary N) is 1. The van der Waals surface area contributed by atoms with Gasteiger partial charge in [-0.05, 0) is 74.0 Å². The van der Waals surface area contributed by atoms with Crippen LogP contribution in [0.2, 0.25) is 0 Å². The molecule has 0 aliphatic carbocycles. The van der Waals surface area contributed by atoms with Crippen molar-refractivity contribution < 1.29 is 4.79 Å². The van der Waals surface area contributed by atoms with E-state index in [2.05, 4.69) is 26.2 Å². The quantitative estimate of drug-likeness (QED) is 0.479. The van der Waals surface area contributed by atoms with Crippen LogP contribution in [0.4, 0.5) is 5.69 Å². The average molecular weight is 448 g/mol. The number of benzene rings is 3. The lowest BCUT2D eigenvalue weighted by atomic mass is 10.1. The number of amides is 1. The molecule has 0 saturated carbocycles. The SMILES string of the molecule is Cc1cc(-n2c(C)nc3ccccc3c2=O)ccc1NC(=O)c1ccc(Br)cc1. The summed E-state index contributed by atoms with van der Waals surface area (Å²) in [5.74, 6) is 0.425. The summed E-state index contributed by atoms with van der Waals surface area (Å²) in [5.41, 5.74) is 3.40. The summed E-state index contributed by atoms with van der Waals surface area (Å²) in [4.78, 5) is 30.0. The largest absolute Gasteiger partial charge is 0.322 e. The van der Waals surface area contributed by atoms with E-state index in [9.17, 15) is 9.59 Å². The molecule has 0 aliphatic heterocycles. The van der Waals surface area contributed by atoms with Crippen LogP contribution in [0, 0.1) is 13.8 Å². The Bertz CT molecular complexity index is 1290. The first kappa shape index (κ1) is 19.1. The highest BCUT2D eigenvalue weighted by Crippen LogP contribution is 2.21. The Morgan fingerprint density at radius 1 is 1.00 bits per heavy atom. The van der Waals surface area contributed by atoms with Gasteiger partial charge in [0.05, 0.1) is 16.6 Å². The van der Waals surface area contributed by atoms with Crippen LogP contribution in [-0.4, -0.2) is 15.5 Å². The molecular weight excluding hydrogens is 430 g/mol. The molecule has 0 bridgehead atoms. The molecule has 0 radical (unpaired) electrons. The van der Waals surface area contributed by atoms with Crippen molar-refractivity contribution in [3.8, 4) is 5.69 Å².